The molecule has 4 aliphatic heterocycles. The first kappa shape index (κ1) is 36.6. The predicted octanol–water partition coefficient (Wildman–Crippen LogP) is 3.78. The highest BCUT2D eigenvalue weighted by Gasteiger charge is 2.27. The molecule has 12 nitrogen and oxygen atoms in total. The lowest BCUT2D eigenvalue weighted by atomic mass is 9.96. The van der Waals surface area contributed by atoms with Crippen LogP contribution >= 0.6 is 11.8 Å². The zero-order valence-electron chi connectivity index (χ0n) is 29.4. The van der Waals surface area contributed by atoms with Crippen molar-refractivity contribution in [3.05, 3.63) is 58.1 Å². The van der Waals surface area contributed by atoms with Crippen molar-refractivity contribution in [2.45, 2.75) is 55.6 Å². The summed E-state index contributed by atoms with van der Waals surface area (Å²) in [6.45, 7) is 9.78. The van der Waals surface area contributed by atoms with Crippen LogP contribution in [0, 0.1) is 17.6 Å². The number of thioether (sulfide) groups is 1. The Kier molecular flexibility index (Phi) is 11.9. The first-order chi connectivity index (χ1) is 25.3. The van der Waals surface area contributed by atoms with Crippen LogP contribution in [0.4, 0.5) is 25.8 Å². The van der Waals surface area contributed by atoms with Crippen molar-refractivity contribution >= 4 is 51.5 Å². The number of piperidine rings is 2. The first-order valence-corrected chi connectivity index (χ1v) is 19.6. The molecule has 1 unspecified atom stereocenters. The Hall–Kier alpha value is -3.79. The number of halogens is 2. The molecule has 5 heterocycles. The van der Waals surface area contributed by atoms with Gasteiger partial charge in [0.15, 0.2) is 11.6 Å². The summed E-state index contributed by atoms with van der Waals surface area (Å²) in [5.41, 5.74) is 1.59. The van der Waals surface area contributed by atoms with Crippen LogP contribution in [0.3, 0.4) is 0 Å². The summed E-state index contributed by atoms with van der Waals surface area (Å²) in [5.74, 6) is -1.39. The molecule has 0 saturated carbocycles. The van der Waals surface area contributed by atoms with Crippen molar-refractivity contribution in [3.63, 3.8) is 0 Å². The molecule has 1 aromatic heterocycles. The van der Waals surface area contributed by atoms with Crippen LogP contribution in [0.5, 0.6) is 0 Å². The van der Waals surface area contributed by atoms with Gasteiger partial charge in [0, 0.05) is 82.1 Å². The van der Waals surface area contributed by atoms with Crippen molar-refractivity contribution in [2.75, 3.05) is 87.7 Å². The number of aromatic nitrogens is 2. The molecule has 280 valence electrons. The maximum absolute atomic E-state index is 15.1. The first-order valence-electron chi connectivity index (χ1n) is 18.5. The molecule has 0 aliphatic carbocycles. The van der Waals surface area contributed by atoms with E-state index in [9.17, 15) is 14.4 Å². The smallest absolute Gasteiger partial charge is 0.261 e. The van der Waals surface area contributed by atoms with Crippen LogP contribution in [0.1, 0.15) is 44.3 Å². The van der Waals surface area contributed by atoms with Gasteiger partial charge >= 0.3 is 0 Å². The Labute approximate surface area is 306 Å². The Morgan fingerprint density at radius 3 is 2.31 bits per heavy atom. The van der Waals surface area contributed by atoms with Crippen molar-refractivity contribution in [2.24, 2.45) is 5.92 Å². The molecular weight excluding hydrogens is 691 g/mol. The molecule has 4 saturated heterocycles. The van der Waals surface area contributed by atoms with E-state index in [1.807, 2.05) is 12.1 Å². The molecule has 7 rings (SSSR count). The van der Waals surface area contributed by atoms with Gasteiger partial charge in [0.2, 0.25) is 11.8 Å². The fraction of sp³-hybridized carbons (Fsp3) is 0.568. The van der Waals surface area contributed by atoms with Gasteiger partial charge in [-0.3, -0.25) is 24.6 Å². The van der Waals surface area contributed by atoms with Gasteiger partial charge in [-0.2, -0.15) is 11.8 Å². The second kappa shape index (κ2) is 16.9. The predicted molar refractivity (Wildman–Crippen MR) is 200 cm³/mol. The minimum atomic E-state index is -1.16. The lowest BCUT2D eigenvalue weighted by Gasteiger charge is -2.38. The van der Waals surface area contributed by atoms with Crippen molar-refractivity contribution < 1.29 is 23.1 Å². The number of anilines is 3. The van der Waals surface area contributed by atoms with Crippen LogP contribution in [0.25, 0.3) is 10.9 Å². The van der Waals surface area contributed by atoms with E-state index in [4.69, 9.17) is 4.74 Å². The number of benzene rings is 2. The molecule has 15 heteroatoms. The number of aromatic amines is 1. The van der Waals surface area contributed by atoms with E-state index in [0.29, 0.717) is 42.1 Å². The largest absolute Gasteiger partial charge is 0.382 e. The Balaban J connectivity index is 0.825. The number of carbonyl (C=O) groups is 2. The number of amides is 2. The van der Waals surface area contributed by atoms with E-state index < -0.39 is 23.2 Å². The van der Waals surface area contributed by atoms with Crippen LogP contribution < -0.4 is 26.4 Å². The lowest BCUT2D eigenvalue weighted by molar-refractivity contribution is -0.133. The number of carbonyl (C=O) groups excluding carboxylic acids is 2. The molecule has 2 amide bonds. The minimum absolute atomic E-state index is 0.0486. The number of rotatable bonds is 12. The van der Waals surface area contributed by atoms with Gasteiger partial charge in [0.05, 0.1) is 17.0 Å². The third-order valence-electron chi connectivity index (χ3n) is 10.8. The van der Waals surface area contributed by atoms with Crippen molar-refractivity contribution in [1.82, 2.24) is 25.1 Å². The summed E-state index contributed by atoms with van der Waals surface area (Å²) in [6.07, 6.45) is 4.68. The van der Waals surface area contributed by atoms with Gasteiger partial charge < -0.3 is 30.2 Å². The van der Waals surface area contributed by atoms with Gasteiger partial charge in [-0.25, -0.2) is 13.8 Å². The maximum Gasteiger partial charge on any atom is 0.261 e. The zero-order chi connectivity index (χ0) is 36.0. The Bertz CT molecular complexity index is 1770. The van der Waals surface area contributed by atoms with Gasteiger partial charge in [-0.15, -0.1) is 0 Å². The molecule has 2 aromatic carbocycles. The van der Waals surface area contributed by atoms with Crippen molar-refractivity contribution in [3.8, 4) is 0 Å². The zero-order valence-corrected chi connectivity index (χ0v) is 30.2. The average molecular weight is 739 g/mol. The fourth-order valence-electron chi connectivity index (χ4n) is 7.50. The highest BCUT2D eigenvalue weighted by atomic mass is 32.2. The Morgan fingerprint density at radius 2 is 1.60 bits per heavy atom. The molecule has 4 N–H and O–H groups in total. The third kappa shape index (κ3) is 9.04. The fourth-order valence-corrected chi connectivity index (χ4v) is 8.56. The maximum atomic E-state index is 15.1. The molecule has 0 radical (unpaired) electrons. The van der Waals surface area contributed by atoms with Crippen LogP contribution in [0.2, 0.25) is 0 Å². The second-order valence-corrected chi connectivity index (χ2v) is 15.6. The molecule has 0 bridgehead atoms. The van der Waals surface area contributed by atoms with Gasteiger partial charge in [-0.05, 0) is 81.4 Å². The molecular formula is C37H48F2N8O4S. The summed E-state index contributed by atoms with van der Waals surface area (Å²) in [4.78, 5) is 50.7. The van der Waals surface area contributed by atoms with Crippen LogP contribution in [0.15, 0.2) is 35.1 Å². The topological polar surface area (TPSA) is 135 Å². The van der Waals surface area contributed by atoms with E-state index in [1.165, 1.54) is 6.07 Å². The number of ether oxygens (including phenoxy) is 1. The molecule has 52 heavy (non-hydrogen) atoms. The number of nitrogens with one attached hydrogen (secondary N) is 4. The summed E-state index contributed by atoms with van der Waals surface area (Å²) < 4.78 is 35.5. The van der Waals surface area contributed by atoms with Gasteiger partial charge in [-0.1, -0.05) is 0 Å². The van der Waals surface area contributed by atoms with Gasteiger partial charge in [0.1, 0.15) is 17.3 Å². The standard InChI is InChI=1S/C37H48F2N8O4S/c38-34-30(21-29-33(35(34)39)37(50)43-31(42-29)23-52-27-9-19-51-20-10-27)40-22-24-7-11-45(12-8-24)13-14-46-15-17-47(18-16-46)26-3-1-25(2-4-26)41-28-5-6-32(48)44-36(28)49/h1-4,21,24,27-28,40-41H,5-20,22-23H2,(H,42,43,50)(H,44,48,49). The van der Waals surface area contributed by atoms with E-state index in [-0.39, 0.29) is 28.4 Å². The van der Waals surface area contributed by atoms with E-state index in [1.54, 1.807) is 11.8 Å². The highest BCUT2D eigenvalue weighted by Crippen LogP contribution is 2.28. The SMILES string of the molecule is O=C1CCC(Nc2ccc(N3CCN(CCN4CCC(CNc5cc6nc(CSC7CCOCC7)[nH]c(=O)c6c(F)c5F)CC4)CC3)cc2)C(=O)N1. The Morgan fingerprint density at radius 1 is 0.885 bits per heavy atom. The lowest BCUT2D eigenvalue weighted by Crippen LogP contribution is -2.49. The summed E-state index contributed by atoms with van der Waals surface area (Å²) >= 11 is 1.70. The number of fused-ring (bicyclic) bond motifs is 1. The van der Waals surface area contributed by atoms with Crippen molar-refractivity contribution in [1.29, 1.82) is 0 Å². The molecule has 3 aromatic rings. The average Bonchev–Trinajstić information content (AvgIpc) is 3.16. The highest BCUT2D eigenvalue weighted by molar-refractivity contribution is 7.99. The summed E-state index contributed by atoms with van der Waals surface area (Å²) in [7, 11) is 0. The second-order valence-electron chi connectivity index (χ2n) is 14.3. The van der Waals surface area contributed by atoms with E-state index >= 15 is 8.78 Å². The number of likely N-dealkylation sites (tertiary alicyclic amines) is 1. The number of imide groups is 1. The minimum Gasteiger partial charge on any atom is -0.382 e. The monoisotopic (exact) mass is 738 g/mol. The molecule has 4 fully saturated rings. The van der Waals surface area contributed by atoms with Gasteiger partial charge in [0.25, 0.3) is 5.56 Å². The molecule has 1 atom stereocenters. The number of hydrogen-bond donors (Lipinski definition) is 4. The number of nitrogens with zero attached hydrogens (tertiary/aromatic N) is 4. The number of piperazine rings is 1. The van der Waals surface area contributed by atoms with E-state index in [0.717, 1.165) is 103 Å². The summed E-state index contributed by atoms with van der Waals surface area (Å²) in [5, 5.41) is 8.84. The van der Waals surface area contributed by atoms with Crippen LogP contribution in [-0.4, -0.2) is 115 Å². The third-order valence-corrected chi connectivity index (χ3v) is 12.1. The molecule has 4 aliphatic rings. The number of H-pyrrole nitrogens is 1. The molecule has 0 spiro atoms. The normalized spacial score (nSPS) is 21.4. The number of hydrogen-bond acceptors (Lipinski definition) is 11. The quantitative estimate of drug-likeness (QED) is 0.203. The van der Waals surface area contributed by atoms with E-state index in [2.05, 4.69) is 52.8 Å². The summed E-state index contributed by atoms with van der Waals surface area (Å²) in [6, 6.07) is 9.22. The van der Waals surface area contributed by atoms with Crippen LogP contribution in [-0.2, 0) is 20.1 Å².